The Bertz CT molecular complexity index is 4820. The van der Waals surface area contributed by atoms with Gasteiger partial charge in [0.2, 0.25) is 0 Å². The lowest BCUT2D eigenvalue weighted by atomic mass is 9.67. The molecule has 0 bridgehead atoms. The van der Waals surface area contributed by atoms with Crippen LogP contribution in [0, 0.1) is 20.8 Å². The van der Waals surface area contributed by atoms with Gasteiger partial charge in [0.25, 0.3) is 0 Å². The van der Waals surface area contributed by atoms with Crippen molar-refractivity contribution < 1.29 is 0 Å². The van der Waals surface area contributed by atoms with E-state index < -0.39 is 5.41 Å². The average molecular weight is 1080 g/mol. The van der Waals surface area contributed by atoms with Crippen molar-refractivity contribution in [3.63, 3.8) is 0 Å². The summed E-state index contributed by atoms with van der Waals surface area (Å²) in [6.45, 7) is 13.7. The van der Waals surface area contributed by atoms with Crippen LogP contribution in [0.4, 0.5) is 0 Å². The van der Waals surface area contributed by atoms with Gasteiger partial charge in [0.05, 0.1) is 27.7 Å². The molecule has 1 N–H and O–H groups in total. The Labute approximate surface area is 490 Å². The van der Waals surface area contributed by atoms with Gasteiger partial charge in [0.1, 0.15) is 5.82 Å². The Balaban J connectivity index is 1.07. The first-order valence-electron chi connectivity index (χ1n) is 29.1. The van der Waals surface area contributed by atoms with Crippen LogP contribution in [0.1, 0.15) is 65.4 Å². The Morgan fingerprint density at radius 2 is 1.06 bits per heavy atom. The summed E-state index contributed by atoms with van der Waals surface area (Å²) in [6.07, 6.45) is 5.78. The van der Waals surface area contributed by atoms with E-state index in [9.17, 15) is 0 Å². The van der Waals surface area contributed by atoms with Gasteiger partial charge in [-0.25, -0.2) is 4.98 Å². The van der Waals surface area contributed by atoms with E-state index in [1.165, 1.54) is 61.0 Å². The minimum absolute atomic E-state index is 0.249. The number of aromatic nitrogens is 5. The molecule has 4 heterocycles. The number of para-hydroxylation sites is 1. The van der Waals surface area contributed by atoms with E-state index in [2.05, 4.69) is 293 Å². The summed E-state index contributed by atoms with van der Waals surface area (Å²) in [4.78, 5) is 20.1. The van der Waals surface area contributed by atoms with E-state index >= 15 is 0 Å². The highest BCUT2D eigenvalue weighted by Gasteiger charge is 2.48. The Morgan fingerprint density at radius 1 is 0.452 bits per heavy atom. The van der Waals surface area contributed by atoms with Crippen LogP contribution in [-0.4, -0.2) is 24.5 Å². The van der Waals surface area contributed by atoms with Crippen molar-refractivity contribution in [3.8, 4) is 83.8 Å². The average Bonchev–Trinajstić information content (AvgIpc) is 1.68. The van der Waals surface area contributed by atoms with Crippen LogP contribution in [0.3, 0.4) is 0 Å². The molecule has 0 fully saturated rings. The number of H-pyrrole nitrogens is 1. The summed E-state index contributed by atoms with van der Waals surface area (Å²) >= 11 is 0. The molecule has 5 nitrogen and oxygen atoms in total. The predicted octanol–water partition coefficient (Wildman–Crippen LogP) is 20.0. The van der Waals surface area contributed by atoms with Gasteiger partial charge in [0, 0.05) is 57.3 Å². The van der Waals surface area contributed by atoms with Crippen LogP contribution < -0.4 is 0 Å². The summed E-state index contributed by atoms with van der Waals surface area (Å²) in [6, 6.07) is 86.9. The number of nitrogens with one attached hydrogen (secondary N) is 1. The fraction of sp³-hybridized carbons (Fsp3) is 0.101. The van der Waals surface area contributed by atoms with Crippen LogP contribution in [0.25, 0.3) is 117 Å². The number of fused-ring (bicyclic) bond motifs is 7. The highest BCUT2D eigenvalue weighted by Crippen LogP contribution is 2.57. The van der Waals surface area contributed by atoms with Crippen molar-refractivity contribution in [1.82, 2.24) is 24.5 Å². The topological polar surface area (TPSA) is 59.4 Å². The first-order valence-corrected chi connectivity index (χ1v) is 29.1. The van der Waals surface area contributed by atoms with Gasteiger partial charge < -0.3 is 4.98 Å². The van der Waals surface area contributed by atoms with E-state index in [-0.39, 0.29) is 5.41 Å². The van der Waals surface area contributed by atoms with Gasteiger partial charge in [-0.15, -0.1) is 0 Å². The summed E-state index contributed by atoms with van der Waals surface area (Å²) in [7, 11) is 0. The Morgan fingerprint density at radius 3 is 1.74 bits per heavy atom. The van der Waals surface area contributed by atoms with E-state index in [0.29, 0.717) is 0 Å². The van der Waals surface area contributed by atoms with Crippen LogP contribution in [-0.2, 0) is 10.8 Å². The lowest BCUT2D eigenvalue weighted by Gasteiger charge is -2.35. The number of pyridine rings is 2. The van der Waals surface area contributed by atoms with Gasteiger partial charge >= 0.3 is 0 Å². The van der Waals surface area contributed by atoms with Gasteiger partial charge in [-0.2, -0.15) is 0 Å². The number of benzene rings is 10. The molecule has 1 aliphatic carbocycles. The minimum Gasteiger partial charge on any atom is -0.354 e. The molecular formula is C79H61N5. The zero-order chi connectivity index (χ0) is 56.8. The third-order valence-electron chi connectivity index (χ3n) is 17.6. The molecule has 0 saturated heterocycles. The molecule has 5 heteroatoms. The minimum atomic E-state index is -0.785. The molecule has 402 valence electrons. The summed E-state index contributed by atoms with van der Waals surface area (Å²) < 4.78 is 2.41. The van der Waals surface area contributed by atoms with Gasteiger partial charge in [-0.05, 0) is 176 Å². The zero-order valence-corrected chi connectivity index (χ0v) is 48.0. The molecule has 4 aromatic heterocycles. The number of imidazole rings is 1. The van der Waals surface area contributed by atoms with Crippen molar-refractivity contribution >= 4 is 32.8 Å². The molecule has 10 aromatic carbocycles. The fourth-order valence-electron chi connectivity index (χ4n) is 13.9. The zero-order valence-electron chi connectivity index (χ0n) is 48.0. The molecule has 0 atom stereocenters. The largest absolute Gasteiger partial charge is 0.354 e. The second-order valence-electron chi connectivity index (χ2n) is 23.8. The number of hydrogen-bond acceptors (Lipinski definition) is 3. The van der Waals surface area contributed by atoms with E-state index in [0.717, 1.165) is 100 Å². The van der Waals surface area contributed by atoms with Crippen molar-refractivity contribution in [1.29, 1.82) is 0 Å². The third-order valence-corrected chi connectivity index (χ3v) is 17.6. The second-order valence-corrected chi connectivity index (χ2v) is 23.8. The molecule has 0 radical (unpaired) electrons. The van der Waals surface area contributed by atoms with Crippen LogP contribution in [0.5, 0.6) is 0 Å². The van der Waals surface area contributed by atoms with E-state index in [4.69, 9.17) is 9.97 Å². The number of rotatable bonds is 9. The first-order chi connectivity index (χ1) is 41.0. The number of aryl methyl sites for hydroxylation is 3. The monoisotopic (exact) mass is 1080 g/mol. The summed E-state index contributed by atoms with van der Waals surface area (Å²) in [5, 5.41) is 2.34. The second kappa shape index (κ2) is 19.7. The lowest BCUT2D eigenvalue weighted by molar-refractivity contribution is 0.587. The van der Waals surface area contributed by atoms with Crippen molar-refractivity contribution in [2.75, 3.05) is 0 Å². The molecule has 0 saturated carbocycles. The highest BCUT2D eigenvalue weighted by atomic mass is 15.1. The van der Waals surface area contributed by atoms with Gasteiger partial charge in [-0.1, -0.05) is 202 Å². The van der Waals surface area contributed by atoms with Gasteiger partial charge in [-0.3, -0.25) is 14.5 Å². The third kappa shape index (κ3) is 8.09. The van der Waals surface area contributed by atoms with E-state index in [1.807, 2.05) is 18.6 Å². The lowest BCUT2D eigenvalue weighted by Crippen LogP contribution is -2.30. The molecule has 0 unspecified atom stereocenters. The summed E-state index contributed by atoms with van der Waals surface area (Å²) in [5.41, 5.74) is 28.2. The van der Waals surface area contributed by atoms with E-state index in [1.54, 1.807) is 0 Å². The normalized spacial score (nSPS) is 12.7. The summed E-state index contributed by atoms with van der Waals surface area (Å²) in [5.74, 6) is 0.835. The van der Waals surface area contributed by atoms with Crippen molar-refractivity contribution in [2.45, 2.75) is 52.4 Å². The SMILES string of the molecule is Cc1cc(C)c(-c2cccc3[nH]c4c(-c5nc6c(-c7cc(C(C)(C)C)cc(C8(c9cc(-c%10ccccc%10)ccn9)c9ccccc9-c9ccccc98)c7)ccc(-c7ccncc7)c6n5-c5ccccc5)cc(-c5ccccc5)cc4c23)c(C)c1. The molecule has 15 rings (SSSR count). The molecule has 0 aliphatic heterocycles. The number of hydrogen-bond donors (Lipinski definition) is 1. The fourth-order valence-corrected chi connectivity index (χ4v) is 13.9. The number of nitrogens with zero attached hydrogens (tertiary/aromatic N) is 4. The molecule has 0 spiro atoms. The Hall–Kier alpha value is -10.2. The number of aromatic amines is 1. The predicted molar refractivity (Wildman–Crippen MR) is 349 cm³/mol. The smallest absolute Gasteiger partial charge is 0.147 e. The molecular weight excluding hydrogens is 1020 g/mol. The maximum Gasteiger partial charge on any atom is 0.147 e. The van der Waals surface area contributed by atoms with Crippen LogP contribution in [0.2, 0.25) is 0 Å². The maximum absolute atomic E-state index is 6.12. The molecule has 1 aliphatic rings. The first kappa shape index (κ1) is 50.7. The molecule has 0 amide bonds. The van der Waals surface area contributed by atoms with Crippen molar-refractivity contribution in [2.24, 2.45) is 0 Å². The highest BCUT2D eigenvalue weighted by molar-refractivity contribution is 6.19. The molecule has 14 aromatic rings. The quantitative estimate of drug-likeness (QED) is 0.157. The van der Waals surface area contributed by atoms with Crippen LogP contribution in [0.15, 0.2) is 255 Å². The standard InChI is InChI=1S/C79H61N5/c1-49-41-50(2)72(51(3)42-49)65-29-20-32-70-73(65)66-45-56(53-23-12-8-13-24-53)46-67(74(66)82-70)77-83-75-61(33-34-62(54-35-38-80-39-36-54)76(75)84(77)60-25-14-9-15-26-60)57-43-58(78(4,5)6)48-59(44-57)79(71-47-55(37-40-81-71)52-21-10-7-11-22-52)68-30-18-16-27-63(68)64-28-17-19-31-69(64)79/h7-48,82H,1-6H3. The van der Waals surface area contributed by atoms with Crippen LogP contribution >= 0.6 is 0 Å². The Kier molecular flexibility index (Phi) is 11.9. The van der Waals surface area contributed by atoms with Gasteiger partial charge in [0.15, 0.2) is 0 Å². The maximum atomic E-state index is 6.12. The van der Waals surface area contributed by atoms with Crippen molar-refractivity contribution in [3.05, 3.63) is 300 Å². The molecule has 84 heavy (non-hydrogen) atoms.